The highest BCUT2D eigenvalue weighted by Crippen LogP contribution is 2.37. The van der Waals surface area contributed by atoms with Crippen LogP contribution in [0.1, 0.15) is 81.2 Å². The minimum absolute atomic E-state index is 0.197. The Morgan fingerprint density at radius 1 is 1.11 bits per heavy atom. The SMILES string of the molecule is Cc1c(NC(=O)c2cc3n(n2)CCC[C@@H]3N2CCC(O)CC2)cccc1B1OC(C)(C)C(C)(C)O1. The molecule has 0 spiro atoms. The number of anilines is 1. The molecular weight excluding hydrogens is 443 g/mol. The molecule has 5 rings (SSSR count). The number of nitrogens with one attached hydrogen (secondary N) is 1. The monoisotopic (exact) mass is 480 g/mol. The quantitative estimate of drug-likeness (QED) is 0.655. The molecule has 0 saturated carbocycles. The van der Waals surface area contributed by atoms with Gasteiger partial charge in [0.25, 0.3) is 5.91 Å². The maximum atomic E-state index is 13.3. The van der Waals surface area contributed by atoms with Crippen LogP contribution in [-0.2, 0) is 15.9 Å². The van der Waals surface area contributed by atoms with E-state index in [4.69, 9.17) is 9.31 Å². The number of aryl methyl sites for hydroxylation is 1. The van der Waals surface area contributed by atoms with Crippen molar-refractivity contribution in [1.29, 1.82) is 0 Å². The Balaban J connectivity index is 1.34. The number of aliphatic hydroxyl groups is 1. The number of rotatable bonds is 4. The first-order valence-electron chi connectivity index (χ1n) is 12.8. The van der Waals surface area contributed by atoms with Crippen molar-refractivity contribution in [3.8, 4) is 0 Å². The second kappa shape index (κ2) is 9.03. The van der Waals surface area contributed by atoms with Gasteiger partial charge in [-0.1, -0.05) is 12.1 Å². The van der Waals surface area contributed by atoms with Gasteiger partial charge >= 0.3 is 7.12 Å². The highest BCUT2D eigenvalue weighted by Gasteiger charge is 2.52. The summed E-state index contributed by atoms with van der Waals surface area (Å²) in [4.78, 5) is 15.7. The van der Waals surface area contributed by atoms with Crippen molar-refractivity contribution in [2.24, 2.45) is 0 Å². The van der Waals surface area contributed by atoms with E-state index in [-0.39, 0.29) is 18.1 Å². The van der Waals surface area contributed by atoms with Crippen molar-refractivity contribution in [2.75, 3.05) is 18.4 Å². The van der Waals surface area contributed by atoms with Gasteiger partial charge in [0, 0.05) is 25.3 Å². The highest BCUT2D eigenvalue weighted by molar-refractivity contribution is 6.62. The van der Waals surface area contributed by atoms with E-state index in [1.54, 1.807) is 0 Å². The van der Waals surface area contributed by atoms with Gasteiger partial charge in [-0.2, -0.15) is 5.10 Å². The van der Waals surface area contributed by atoms with Crippen molar-refractivity contribution >= 4 is 24.2 Å². The van der Waals surface area contributed by atoms with Crippen LogP contribution in [0.15, 0.2) is 24.3 Å². The molecule has 1 atom stereocenters. The van der Waals surface area contributed by atoms with Crippen LogP contribution in [0.2, 0.25) is 0 Å². The fraction of sp³-hybridized carbons (Fsp3) is 0.615. The molecule has 1 aromatic heterocycles. The largest absolute Gasteiger partial charge is 0.495 e. The molecule has 0 unspecified atom stereocenters. The molecule has 1 amide bonds. The average molecular weight is 480 g/mol. The van der Waals surface area contributed by atoms with Crippen LogP contribution in [-0.4, -0.2) is 63.2 Å². The molecule has 2 N–H and O–H groups in total. The Bertz CT molecular complexity index is 1090. The first kappa shape index (κ1) is 24.5. The van der Waals surface area contributed by atoms with Crippen molar-refractivity contribution in [3.63, 3.8) is 0 Å². The third-order valence-corrected chi connectivity index (χ3v) is 8.30. The maximum absolute atomic E-state index is 13.3. The minimum atomic E-state index is -0.486. The van der Waals surface area contributed by atoms with Gasteiger partial charge in [0.15, 0.2) is 5.69 Å². The number of hydrogen-bond donors (Lipinski definition) is 2. The zero-order valence-electron chi connectivity index (χ0n) is 21.5. The van der Waals surface area contributed by atoms with Gasteiger partial charge in [-0.3, -0.25) is 14.4 Å². The summed E-state index contributed by atoms with van der Waals surface area (Å²) in [5.74, 6) is -0.214. The van der Waals surface area contributed by atoms with Crippen LogP contribution in [0.25, 0.3) is 0 Å². The number of benzene rings is 1. The van der Waals surface area contributed by atoms with Gasteiger partial charge in [-0.25, -0.2) is 0 Å². The number of aromatic nitrogens is 2. The number of amides is 1. The van der Waals surface area contributed by atoms with Crippen LogP contribution >= 0.6 is 0 Å². The van der Waals surface area contributed by atoms with E-state index in [9.17, 15) is 9.90 Å². The van der Waals surface area contributed by atoms with Gasteiger partial charge < -0.3 is 19.7 Å². The second-order valence-electron chi connectivity index (χ2n) is 11.2. The van der Waals surface area contributed by atoms with E-state index in [0.717, 1.165) is 67.7 Å². The summed E-state index contributed by atoms with van der Waals surface area (Å²) in [5.41, 5.74) is 3.24. The average Bonchev–Trinajstić information content (AvgIpc) is 3.33. The Morgan fingerprint density at radius 2 is 1.80 bits per heavy atom. The third-order valence-electron chi connectivity index (χ3n) is 8.30. The van der Waals surface area contributed by atoms with E-state index in [0.29, 0.717) is 5.69 Å². The number of nitrogens with zero attached hydrogens (tertiary/aromatic N) is 3. The van der Waals surface area contributed by atoms with Crippen LogP contribution < -0.4 is 10.8 Å². The predicted molar refractivity (Wildman–Crippen MR) is 136 cm³/mol. The Kier molecular flexibility index (Phi) is 6.32. The number of carbonyl (C=O) groups excluding carboxylic acids is 1. The highest BCUT2D eigenvalue weighted by atomic mass is 16.7. The standard InChI is InChI=1S/C26H37BN4O4/c1-17-19(27-34-25(2,3)26(4,5)35-27)8-6-9-20(17)28-24(33)21-16-23-22(10-7-13-31(23)29-21)30-14-11-18(32)12-15-30/h6,8-9,16,18,22,32H,7,10-15H2,1-5H3,(H,28,33)/t22-/m0/s1. The van der Waals surface area contributed by atoms with Crippen LogP contribution in [0, 0.1) is 6.92 Å². The molecule has 0 bridgehead atoms. The fourth-order valence-corrected chi connectivity index (χ4v) is 5.34. The first-order chi connectivity index (χ1) is 16.6. The van der Waals surface area contributed by atoms with E-state index in [1.165, 1.54) is 0 Å². The predicted octanol–water partition coefficient (Wildman–Crippen LogP) is 3.03. The normalized spacial score (nSPS) is 24.4. The third kappa shape index (κ3) is 4.55. The molecule has 3 aliphatic heterocycles. The Labute approximate surface area is 208 Å². The molecule has 0 radical (unpaired) electrons. The first-order valence-corrected chi connectivity index (χ1v) is 12.8. The zero-order chi connectivity index (χ0) is 25.0. The second-order valence-corrected chi connectivity index (χ2v) is 11.2. The van der Waals surface area contributed by atoms with E-state index in [1.807, 2.05) is 63.6 Å². The van der Waals surface area contributed by atoms with Gasteiger partial charge in [0.05, 0.1) is 29.0 Å². The fourth-order valence-electron chi connectivity index (χ4n) is 5.34. The Morgan fingerprint density at radius 3 is 2.49 bits per heavy atom. The van der Waals surface area contributed by atoms with Gasteiger partial charge in [0.1, 0.15) is 0 Å². The van der Waals surface area contributed by atoms with Crippen molar-refractivity contribution in [3.05, 3.63) is 41.2 Å². The number of aliphatic hydroxyl groups excluding tert-OH is 1. The van der Waals surface area contributed by atoms with Crippen LogP contribution in [0.3, 0.4) is 0 Å². The molecular formula is C26H37BN4O4. The lowest BCUT2D eigenvalue weighted by Crippen LogP contribution is -2.41. The molecule has 0 aliphatic carbocycles. The lowest BCUT2D eigenvalue weighted by atomic mass is 9.76. The van der Waals surface area contributed by atoms with E-state index >= 15 is 0 Å². The molecule has 2 saturated heterocycles. The lowest BCUT2D eigenvalue weighted by Gasteiger charge is -2.38. The number of likely N-dealkylation sites (tertiary alicyclic amines) is 1. The number of fused-ring (bicyclic) bond motifs is 1. The molecule has 188 valence electrons. The summed E-state index contributed by atoms with van der Waals surface area (Å²) >= 11 is 0. The summed E-state index contributed by atoms with van der Waals surface area (Å²) in [7, 11) is -0.486. The molecule has 35 heavy (non-hydrogen) atoms. The number of carbonyl (C=O) groups is 1. The van der Waals surface area contributed by atoms with E-state index in [2.05, 4.69) is 15.3 Å². The van der Waals surface area contributed by atoms with Crippen molar-refractivity contribution in [1.82, 2.24) is 14.7 Å². The number of hydrogen-bond acceptors (Lipinski definition) is 6. The summed E-state index contributed by atoms with van der Waals surface area (Å²) in [6.45, 7) is 12.7. The molecule has 2 aromatic rings. The smallest absolute Gasteiger partial charge is 0.399 e. The summed E-state index contributed by atoms with van der Waals surface area (Å²) < 4.78 is 14.5. The molecule has 8 nitrogen and oxygen atoms in total. The zero-order valence-corrected chi connectivity index (χ0v) is 21.5. The van der Waals surface area contributed by atoms with Gasteiger partial charge in [-0.15, -0.1) is 0 Å². The molecule has 9 heteroatoms. The van der Waals surface area contributed by atoms with Crippen molar-refractivity contribution in [2.45, 2.75) is 90.2 Å². The molecule has 2 fully saturated rings. The maximum Gasteiger partial charge on any atom is 0.495 e. The minimum Gasteiger partial charge on any atom is -0.399 e. The summed E-state index contributed by atoms with van der Waals surface area (Å²) in [5, 5.41) is 17.6. The number of piperidine rings is 1. The summed E-state index contributed by atoms with van der Waals surface area (Å²) in [6, 6.07) is 8.00. The van der Waals surface area contributed by atoms with Gasteiger partial charge in [-0.05, 0) is 83.5 Å². The molecule has 4 heterocycles. The Hall–Kier alpha value is -2.20. The van der Waals surface area contributed by atoms with Crippen LogP contribution in [0.5, 0.6) is 0 Å². The lowest BCUT2D eigenvalue weighted by molar-refractivity contribution is 0.00578. The van der Waals surface area contributed by atoms with Crippen molar-refractivity contribution < 1.29 is 19.2 Å². The van der Waals surface area contributed by atoms with Crippen LogP contribution in [0.4, 0.5) is 5.69 Å². The van der Waals surface area contributed by atoms with E-state index < -0.39 is 18.3 Å². The topological polar surface area (TPSA) is 88.9 Å². The molecule has 3 aliphatic rings. The molecule has 1 aromatic carbocycles. The summed E-state index contributed by atoms with van der Waals surface area (Å²) in [6.07, 6.45) is 3.50. The van der Waals surface area contributed by atoms with Gasteiger partial charge in [0.2, 0.25) is 0 Å².